The van der Waals surface area contributed by atoms with Crippen LogP contribution in [0.25, 0.3) is 0 Å². The van der Waals surface area contributed by atoms with E-state index >= 15 is 0 Å². The first-order valence-electron chi connectivity index (χ1n) is 5.94. The summed E-state index contributed by atoms with van der Waals surface area (Å²) in [4.78, 5) is 14.2. The van der Waals surface area contributed by atoms with Gasteiger partial charge in [-0.3, -0.25) is 8.78 Å². The van der Waals surface area contributed by atoms with Crippen LogP contribution in [0.5, 0.6) is 0 Å². The van der Waals surface area contributed by atoms with Crippen LogP contribution in [0.1, 0.15) is 26.6 Å². The van der Waals surface area contributed by atoms with Gasteiger partial charge in [0.05, 0.1) is 0 Å². The Labute approximate surface area is 115 Å². The molecule has 0 bridgehead atoms. The summed E-state index contributed by atoms with van der Waals surface area (Å²) in [5.41, 5.74) is 0. The summed E-state index contributed by atoms with van der Waals surface area (Å²) < 4.78 is 13.2. The van der Waals surface area contributed by atoms with E-state index in [1.165, 1.54) is 0 Å². The smallest absolute Gasteiger partial charge is 0.363 e. The molecule has 0 saturated heterocycles. The molecule has 19 heavy (non-hydrogen) atoms. The lowest BCUT2D eigenvalue weighted by Gasteiger charge is -2.17. The van der Waals surface area contributed by atoms with E-state index in [4.69, 9.17) is 0 Å². The van der Waals surface area contributed by atoms with Gasteiger partial charge in [0.25, 0.3) is 0 Å². The highest BCUT2D eigenvalue weighted by Gasteiger charge is 2.24. The monoisotopic (exact) mass is 288 g/mol. The van der Waals surface area contributed by atoms with Crippen molar-refractivity contribution in [2.45, 2.75) is 32.4 Å². The summed E-state index contributed by atoms with van der Waals surface area (Å²) in [7, 11) is 0.717. The summed E-state index contributed by atoms with van der Waals surface area (Å²) in [5, 5.41) is 13.8. The van der Waals surface area contributed by atoms with Crippen LogP contribution in [0.3, 0.4) is 0 Å². The molecule has 108 valence electrons. The van der Waals surface area contributed by atoms with Crippen molar-refractivity contribution in [3.8, 4) is 0 Å². The second-order valence-corrected chi connectivity index (χ2v) is 7.56. The van der Waals surface area contributed by atoms with Crippen molar-refractivity contribution in [1.29, 1.82) is 0 Å². The number of hydrogen-bond donors (Lipinski definition) is 1. The van der Waals surface area contributed by atoms with E-state index in [1.807, 2.05) is 20.8 Å². The third-order valence-electron chi connectivity index (χ3n) is 2.74. The Kier molecular flexibility index (Phi) is 4.67. The zero-order chi connectivity index (χ0) is 14.8. The Bertz CT molecular complexity index is 505. The molecule has 0 aliphatic carbocycles. The predicted octanol–water partition coefficient (Wildman–Crippen LogP) is 1.60. The molecular weight excluding hydrogens is 268 g/mol. The van der Waals surface area contributed by atoms with Gasteiger partial charge in [-0.2, -0.15) is 0 Å². The molecule has 1 aromatic rings. The number of nitrogens with one attached hydrogen (secondary N) is 1. The molecule has 0 spiro atoms. The highest BCUT2D eigenvalue weighted by Crippen LogP contribution is 2.23. The lowest BCUT2D eigenvalue weighted by molar-refractivity contribution is -0.388. The summed E-state index contributed by atoms with van der Waals surface area (Å²) >= 11 is 0. The molecule has 1 aromatic heterocycles. The summed E-state index contributed by atoms with van der Waals surface area (Å²) in [6.07, 6.45) is 0. The Morgan fingerprint density at radius 1 is 1.47 bits per heavy atom. The highest BCUT2D eigenvalue weighted by molar-refractivity contribution is 7.86. The van der Waals surface area contributed by atoms with Crippen LogP contribution in [0.4, 0.5) is 11.6 Å². The van der Waals surface area contributed by atoms with Crippen LogP contribution in [0.15, 0.2) is 0 Å². The largest absolute Gasteiger partial charge is 0.406 e. The van der Waals surface area contributed by atoms with Gasteiger partial charge in [-0.15, -0.1) is 0 Å². The predicted molar refractivity (Wildman–Crippen MR) is 75.9 cm³/mol. The fourth-order valence-corrected chi connectivity index (χ4v) is 2.39. The van der Waals surface area contributed by atoms with Gasteiger partial charge in [-0.25, -0.2) is 0 Å². The molecule has 1 rings (SSSR count). The molecule has 0 aliphatic heterocycles. The summed E-state index contributed by atoms with van der Waals surface area (Å²) in [6, 6.07) is 0. The maximum absolute atomic E-state index is 11.9. The van der Waals surface area contributed by atoms with E-state index in [0.717, 1.165) is 0 Å². The minimum atomic E-state index is -0.990. The molecule has 8 heteroatoms. The van der Waals surface area contributed by atoms with Crippen LogP contribution in [-0.2, 0) is 17.8 Å². The van der Waals surface area contributed by atoms with Crippen molar-refractivity contribution in [2.75, 3.05) is 17.6 Å². The van der Waals surface area contributed by atoms with Gasteiger partial charge in [-0.1, -0.05) is 0 Å². The second kappa shape index (κ2) is 5.68. The van der Waals surface area contributed by atoms with Crippen molar-refractivity contribution < 1.29 is 9.13 Å². The third-order valence-corrected chi connectivity index (χ3v) is 4.68. The van der Waals surface area contributed by atoms with Gasteiger partial charge < -0.3 is 15.4 Å². The Morgan fingerprint density at radius 3 is 2.53 bits per heavy atom. The lowest BCUT2D eigenvalue weighted by Crippen LogP contribution is -2.27. The average Bonchev–Trinajstić information content (AvgIpc) is 2.55. The molecule has 7 nitrogen and oxygen atoms in total. The average molecular weight is 288 g/mol. The van der Waals surface area contributed by atoms with Crippen molar-refractivity contribution in [2.24, 2.45) is 7.05 Å². The van der Waals surface area contributed by atoms with E-state index in [-0.39, 0.29) is 10.6 Å². The van der Waals surface area contributed by atoms with Crippen molar-refractivity contribution in [1.82, 2.24) is 9.55 Å². The quantitative estimate of drug-likeness (QED) is 0.656. The summed E-state index contributed by atoms with van der Waals surface area (Å²) in [5.74, 6) is 1.16. The zero-order valence-corrected chi connectivity index (χ0v) is 12.7. The molecule has 0 aliphatic rings. The zero-order valence-electron chi connectivity index (χ0n) is 11.9. The van der Waals surface area contributed by atoms with E-state index in [9.17, 15) is 14.3 Å². The Morgan fingerprint density at radius 2 is 2.05 bits per heavy atom. The molecule has 1 heterocycles. The number of anilines is 1. The molecule has 0 fully saturated rings. The summed E-state index contributed by atoms with van der Waals surface area (Å²) in [6.45, 7) is 7.81. The molecule has 0 amide bonds. The van der Waals surface area contributed by atoms with Gasteiger partial charge in [0.2, 0.25) is 11.6 Å². The number of nitro groups is 1. The first-order chi connectivity index (χ1) is 8.64. The minimum Gasteiger partial charge on any atom is -0.363 e. The Hall–Kier alpha value is -1.44. The first-order valence-corrected chi connectivity index (χ1v) is 7.26. The van der Waals surface area contributed by atoms with Gasteiger partial charge >= 0.3 is 5.82 Å². The number of aromatic nitrogens is 2. The number of imidazole rings is 1. The van der Waals surface area contributed by atoms with Crippen LogP contribution in [0, 0.1) is 17.0 Å². The van der Waals surface area contributed by atoms with Crippen LogP contribution in [0.2, 0.25) is 0 Å². The van der Waals surface area contributed by atoms with E-state index < -0.39 is 15.7 Å². The maximum Gasteiger partial charge on any atom is 0.406 e. The molecule has 0 saturated carbocycles. The molecule has 0 radical (unpaired) electrons. The van der Waals surface area contributed by atoms with Crippen LogP contribution in [-0.4, -0.2) is 35.7 Å². The highest BCUT2D eigenvalue weighted by atomic mass is 32.2. The normalized spacial score (nSPS) is 13.3. The third kappa shape index (κ3) is 3.76. The molecule has 1 N–H and O–H groups in total. The number of aryl methyl sites for hydroxylation is 1. The maximum atomic E-state index is 11.9. The van der Waals surface area contributed by atoms with E-state index in [0.29, 0.717) is 23.9 Å². The fraction of sp³-hybridized carbons (Fsp3) is 0.727. The van der Waals surface area contributed by atoms with Gasteiger partial charge in [0.1, 0.15) is 0 Å². The molecule has 1 atom stereocenters. The number of nitrogens with zero attached hydrogens (tertiary/aromatic N) is 3. The van der Waals surface area contributed by atoms with Crippen LogP contribution >= 0.6 is 0 Å². The second-order valence-electron chi connectivity index (χ2n) is 5.24. The number of hydrogen-bond acceptors (Lipinski definition) is 5. The lowest BCUT2D eigenvalue weighted by atomic mass is 10.3. The number of rotatable bonds is 5. The van der Waals surface area contributed by atoms with Gasteiger partial charge in [0.15, 0.2) is 0 Å². The molecule has 0 aromatic carbocycles. The SMILES string of the molecule is Cc1nc([N+](=O)[O-])c(NCC[S@@](=O)C(C)(C)C)n1C. The van der Waals surface area contributed by atoms with Crippen LogP contribution < -0.4 is 5.32 Å². The standard InChI is InChI=1S/C11H20N4O3S/c1-8-13-10(15(16)17)9(14(8)5)12-6-7-19(18)11(2,3)4/h12H,6-7H2,1-5H3/t19-/m1/s1. The van der Waals surface area contributed by atoms with Crippen molar-refractivity contribution >= 4 is 22.4 Å². The Balaban J connectivity index is 2.74. The van der Waals surface area contributed by atoms with E-state index in [2.05, 4.69) is 10.3 Å². The molecular formula is C11H20N4O3S. The van der Waals surface area contributed by atoms with Crippen molar-refractivity contribution in [3.63, 3.8) is 0 Å². The fourth-order valence-electron chi connectivity index (χ4n) is 1.49. The van der Waals surface area contributed by atoms with Gasteiger partial charge in [0, 0.05) is 41.8 Å². The first kappa shape index (κ1) is 15.6. The molecule has 0 unspecified atom stereocenters. The van der Waals surface area contributed by atoms with Gasteiger partial charge in [-0.05, 0) is 30.7 Å². The topological polar surface area (TPSA) is 90.1 Å². The van der Waals surface area contributed by atoms with E-state index in [1.54, 1.807) is 18.5 Å². The van der Waals surface area contributed by atoms with Crippen molar-refractivity contribution in [3.05, 3.63) is 15.9 Å². The minimum absolute atomic E-state index is 0.193.